The topological polar surface area (TPSA) is 81.3 Å². The Kier molecular flexibility index (Phi) is 5.63. The number of carbonyl (C=O) groups is 1. The van der Waals surface area contributed by atoms with Gasteiger partial charge in [-0.2, -0.15) is 4.98 Å². The number of hydrogen-bond donors (Lipinski definition) is 1. The molecule has 2 aromatic heterocycles. The molecule has 3 aromatic carbocycles. The van der Waals surface area contributed by atoms with Crippen molar-refractivity contribution in [2.75, 3.05) is 5.32 Å². The van der Waals surface area contributed by atoms with E-state index in [1.807, 2.05) is 61.5 Å². The SMILES string of the molecule is CCc1ccc(NC(=O)c2nc3c(=O)n(Cc4ccc(Cl)cc4)c4cc(C)ccc4n3n2)cc1. The number of carbonyl (C=O) groups excluding carboxylic acids is 1. The molecule has 5 aromatic rings. The van der Waals surface area contributed by atoms with Crippen molar-refractivity contribution in [3.8, 4) is 0 Å². The Bertz CT molecular complexity index is 1580. The first kappa shape index (κ1) is 21.9. The molecule has 0 aliphatic carbocycles. The normalized spacial score (nSPS) is 11.3. The summed E-state index contributed by atoms with van der Waals surface area (Å²) in [6.07, 6.45) is 0.914. The van der Waals surface area contributed by atoms with E-state index in [0.29, 0.717) is 28.3 Å². The molecule has 0 aliphatic heterocycles. The van der Waals surface area contributed by atoms with Gasteiger partial charge >= 0.3 is 0 Å². The summed E-state index contributed by atoms with van der Waals surface area (Å²) in [7, 11) is 0. The smallest absolute Gasteiger partial charge is 0.296 e. The van der Waals surface area contributed by atoms with Gasteiger partial charge in [0.15, 0.2) is 0 Å². The van der Waals surface area contributed by atoms with E-state index < -0.39 is 5.91 Å². The summed E-state index contributed by atoms with van der Waals surface area (Å²) >= 11 is 6.02. The van der Waals surface area contributed by atoms with Gasteiger partial charge in [-0.25, -0.2) is 4.52 Å². The summed E-state index contributed by atoms with van der Waals surface area (Å²) < 4.78 is 3.10. The van der Waals surface area contributed by atoms with Crippen molar-refractivity contribution in [3.63, 3.8) is 0 Å². The maximum atomic E-state index is 13.5. The molecule has 0 atom stereocenters. The van der Waals surface area contributed by atoms with Crippen LogP contribution in [0.5, 0.6) is 0 Å². The number of rotatable bonds is 5. The van der Waals surface area contributed by atoms with Crippen LogP contribution in [0.15, 0.2) is 71.5 Å². The predicted octanol–water partition coefficient (Wildman–Crippen LogP) is 4.87. The predicted molar refractivity (Wildman–Crippen MR) is 134 cm³/mol. The highest BCUT2D eigenvalue weighted by atomic mass is 35.5. The highest BCUT2D eigenvalue weighted by Gasteiger charge is 2.19. The van der Waals surface area contributed by atoms with E-state index in [1.54, 1.807) is 16.7 Å². The third kappa shape index (κ3) is 4.06. The highest BCUT2D eigenvalue weighted by Crippen LogP contribution is 2.19. The van der Waals surface area contributed by atoms with Gasteiger partial charge in [-0.3, -0.25) is 14.2 Å². The molecule has 0 fully saturated rings. The van der Waals surface area contributed by atoms with Gasteiger partial charge in [-0.15, -0.1) is 5.10 Å². The van der Waals surface area contributed by atoms with Crippen molar-refractivity contribution >= 4 is 39.9 Å². The summed E-state index contributed by atoms with van der Waals surface area (Å²) in [5.74, 6) is -0.542. The number of halogens is 1. The molecule has 34 heavy (non-hydrogen) atoms. The van der Waals surface area contributed by atoms with Crippen molar-refractivity contribution in [1.82, 2.24) is 19.2 Å². The first-order chi connectivity index (χ1) is 16.4. The molecule has 0 saturated carbocycles. The Morgan fingerprint density at radius 2 is 1.68 bits per heavy atom. The average molecular weight is 472 g/mol. The fourth-order valence-corrected chi connectivity index (χ4v) is 4.04. The van der Waals surface area contributed by atoms with Crippen LogP contribution in [0.25, 0.3) is 16.7 Å². The Morgan fingerprint density at radius 3 is 2.38 bits per heavy atom. The van der Waals surface area contributed by atoms with Crippen molar-refractivity contribution < 1.29 is 4.79 Å². The first-order valence-electron chi connectivity index (χ1n) is 11.0. The Hall–Kier alpha value is -3.97. The van der Waals surface area contributed by atoms with Crippen LogP contribution >= 0.6 is 11.6 Å². The number of aromatic nitrogens is 4. The maximum absolute atomic E-state index is 13.5. The van der Waals surface area contributed by atoms with Gasteiger partial charge in [0.1, 0.15) is 0 Å². The van der Waals surface area contributed by atoms with Crippen LogP contribution in [0.2, 0.25) is 5.02 Å². The number of nitrogens with one attached hydrogen (secondary N) is 1. The number of anilines is 1. The van der Waals surface area contributed by atoms with Gasteiger partial charge in [-0.05, 0) is 66.4 Å². The van der Waals surface area contributed by atoms with Gasteiger partial charge in [0.25, 0.3) is 11.5 Å². The van der Waals surface area contributed by atoms with E-state index in [4.69, 9.17) is 11.6 Å². The van der Waals surface area contributed by atoms with E-state index in [9.17, 15) is 9.59 Å². The van der Waals surface area contributed by atoms with Gasteiger partial charge in [0.05, 0.1) is 17.6 Å². The maximum Gasteiger partial charge on any atom is 0.296 e. The van der Waals surface area contributed by atoms with Crippen molar-refractivity contribution in [2.45, 2.75) is 26.8 Å². The number of benzene rings is 3. The highest BCUT2D eigenvalue weighted by molar-refractivity contribution is 6.30. The summed E-state index contributed by atoms with van der Waals surface area (Å²) in [5.41, 5.74) is 4.90. The second-order valence-corrected chi connectivity index (χ2v) is 8.62. The molecule has 5 rings (SSSR count). The lowest BCUT2D eigenvalue weighted by Crippen LogP contribution is -2.24. The molecule has 0 bridgehead atoms. The molecule has 1 N–H and O–H groups in total. The fraction of sp³-hybridized carbons (Fsp3) is 0.154. The van der Waals surface area contributed by atoms with E-state index in [1.165, 1.54) is 10.1 Å². The van der Waals surface area contributed by atoms with Crippen LogP contribution in [0.4, 0.5) is 5.69 Å². The molecule has 1 amide bonds. The lowest BCUT2D eigenvalue weighted by molar-refractivity contribution is 0.101. The fourth-order valence-electron chi connectivity index (χ4n) is 3.91. The van der Waals surface area contributed by atoms with Gasteiger partial charge in [0, 0.05) is 10.7 Å². The minimum absolute atomic E-state index is 0.0669. The molecule has 0 saturated heterocycles. The lowest BCUT2D eigenvalue weighted by Gasteiger charge is -2.12. The number of aryl methyl sites for hydroxylation is 2. The van der Waals surface area contributed by atoms with E-state index in [2.05, 4.69) is 22.3 Å². The van der Waals surface area contributed by atoms with Crippen LogP contribution in [-0.2, 0) is 13.0 Å². The van der Waals surface area contributed by atoms with Gasteiger partial charge in [-0.1, -0.05) is 48.9 Å². The standard InChI is InChI=1S/C26H22ClN5O2/c1-3-17-7-11-20(12-8-17)28-25(33)23-29-24-26(34)31(15-18-5-9-19(27)10-6-18)22-14-16(2)4-13-21(22)32(24)30-23/h4-14H,3,15H2,1-2H3,(H,28,33). The molecule has 0 unspecified atom stereocenters. The molecule has 8 heteroatoms. The molecule has 0 spiro atoms. The molecule has 0 aliphatic rings. The Morgan fingerprint density at radius 1 is 0.971 bits per heavy atom. The van der Waals surface area contributed by atoms with Gasteiger partial charge in [0.2, 0.25) is 11.5 Å². The van der Waals surface area contributed by atoms with Gasteiger partial charge < -0.3 is 5.32 Å². The number of hydrogen-bond acceptors (Lipinski definition) is 4. The van der Waals surface area contributed by atoms with Crippen molar-refractivity contribution in [2.24, 2.45) is 0 Å². The van der Waals surface area contributed by atoms with Crippen LogP contribution in [0, 0.1) is 6.92 Å². The Balaban J connectivity index is 1.60. The van der Waals surface area contributed by atoms with E-state index >= 15 is 0 Å². The third-order valence-corrected chi connectivity index (χ3v) is 6.02. The van der Waals surface area contributed by atoms with Crippen molar-refractivity contribution in [1.29, 1.82) is 0 Å². The molecule has 2 heterocycles. The largest absolute Gasteiger partial charge is 0.319 e. The molecular formula is C26H22ClN5O2. The van der Waals surface area contributed by atoms with E-state index in [0.717, 1.165) is 17.5 Å². The van der Waals surface area contributed by atoms with Crippen LogP contribution in [-0.4, -0.2) is 25.1 Å². The molecule has 170 valence electrons. The number of fused-ring (bicyclic) bond motifs is 3. The quantitative estimate of drug-likeness (QED) is 0.396. The summed E-state index contributed by atoms with van der Waals surface area (Å²) in [6, 6.07) is 20.7. The number of nitrogens with zero attached hydrogens (tertiary/aromatic N) is 4. The molecule has 0 radical (unpaired) electrons. The lowest BCUT2D eigenvalue weighted by atomic mass is 10.1. The minimum atomic E-state index is -0.475. The first-order valence-corrected chi connectivity index (χ1v) is 11.4. The molecular weight excluding hydrogens is 450 g/mol. The third-order valence-electron chi connectivity index (χ3n) is 5.77. The summed E-state index contributed by atoms with van der Waals surface area (Å²) in [4.78, 5) is 30.7. The zero-order valence-corrected chi connectivity index (χ0v) is 19.5. The van der Waals surface area contributed by atoms with Crippen LogP contribution in [0.3, 0.4) is 0 Å². The van der Waals surface area contributed by atoms with Crippen LogP contribution in [0.1, 0.15) is 34.2 Å². The Labute approximate surface area is 200 Å². The minimum Gasteiger partial charge on any atom is -0.319 e. The number of amides is 1. The van der Waals surface area contributed by atoms with Crippen molar-refractivity contribution in [3.05, 3.63) is 105 Å². The summed E-state index contributed by atoms with van der Waals surface area (Å²) in [6.45, 7) is 4.37. The monoisotopic (exact) mass is 471 g/mol. The second kappa shape index (κ2) is 8.76. The second-order valence-electron chi connectivity index (χ2n) is 8.19. The zero-order valence-electron chi connectivity index (χ0n) is 18.7. The summed E-state index contributed by atoms with van der Waals surface area (Å²) in [5, 5.41) is 7.82. The molecule has 7 nitrogen and oxygen atoms in total. The van der Waals surface area contributed by atoms with Crippen LogP contribution < -0.4 is 10.9 Å². The zero-order chi connectivity index (χ0) is 23.8. The van der Waals surface area contributed by atoms with E-state index in [-0.39, 0.29) is 17.0 Å². The average Bonchev–Trinajstić information content (AvgIpc) is 3.29.